The molecule has 0 bridgehead atoms. The summed E-state index contributed by atoms with van der Waals surface area (Å²) in [6, 6.07) is 17.4. The summed E-state index contributed by atoms with van der Waals surface area (Å²) in [5.74, 6) is -2.33. The lowest BCUT2D eigenvalue weighted by atomic mass is 10.1. The molecule has 0 N–H and O–H groups in total. The monoisotopic (exact) mass is 528 g/mol. The fourth-order valence-electron chi connectivity index (χ4n) is 4.21. The highest BCUT2D eigenvalue weighted by atomic mass is 35.5. The van der Waals surface area contributed by atoms with Gasteiger partial charge in [-0.25, -0.2) is 13.6 Å². The Morgan fingerprint density at radius 1 is 0.892 bits per heavy atom. The minimum atomic E-state index is -0.773. The maximum Gasteiger partial charge on any atom is 0.337 e. The molecule has 6 nitrogen and oxygen atoms in total. The zero-order chi connectivity index (χ0) is 26.4. The van der Waals surface area contributed by atoms with Crippen molar-refractivity contribution in [2.45, 2.75) is 12.7 Å². The standard InChI is InChI=1S/C28H27ClF2N2O4/c1-36-28(35)21-4-2-19(3-5-21)18-37-26(20-6-8-23(29)9-7-20)17-32-10-12-33(13-11-32)27(34)22-14-24(30)16-25(31)15-22/h2-9,14-16,26H,10-13,17-18H2,1H3. The van der Waals surface area contributed by atoms with Crippen molar-refractivity contribution in [2.75, 3.05) is 39.8 Å². The van der Waals surface area contributed by atoms with E-state index in [9.17, 15) is 18.4 Å². The van der Waals surface area contributed by atoms with Gasteiger partial charge in [0.2, 0.25) is 0 Å². The Balaban J connectivity index is 1.39. The maximum atomic E-state index is 13.6. The van der Waals surface area contributed by atoms with Gasteiger partial charge in [-0.2, -0.15) is 0 Å². The first kappa shape index (κ1) is 26.7. The van der Waals surface area contributed by atoms with Crippen molar-refractivity contribution < 1.29 is 27.8 Å². The van der Waals surface area contributed by atoms with Crippen LogP contribution in [-0.2, 0) is 16.1 Å². The molecule has 3 aromatic rings. The molecular formula is C28H27ClF2N2O4. The van der Waals surface area contributed by atoms with Gasteiger partial charge in [0.25, 0.3) is 5.91 Å². The fourth-order valence-corrected chi connectivity index (χ4v) is 4.34. The van der Waals surface area contributed by atoms with Gasteiger partial charge in [0.05, 0.1) is 25.4 Å². The Kier molecular flexibility index (Phi) is 8.87. The molecule has 4 rings (SSSR count). The van der Waals surface area contributed by atoms with Crippen LogP contribution in [0.1, 0.15) is 37.9 Å². The predicted molar refractivity (Wildman–Crippen MR) is 135 cm³/mol. The Labute approximate surface area is 219 Å². The summed E-state index contributed by atoms with van der Waals surface area (Å²) in [6.45, 7) is 2.95. The summed E-state index contributed by atoms with van der Waals surface area (Å²) in [4.78, 5) is 28.2. The van der Waals surface area contributed by atoms with Crippen LogP contribution in [0.5, 0.6) is 0 Å². The quantitative estimate of drug-likeness (QED) is 0.380. The highest BCUT2D eigenvalue weighted by molar-refractivity contribution is 6.30. The van der Waals surface area contributed by atoms with E-state index < -0.39 is 17.6 Å². The third kappa shape index (κ3) is 7.13. The van der Waals surface area contributed by atoms with E-state index in [0.29, 0.717) is 49.9 Å². The molecule has 0 spiro atoms. The number of esters is 1. The molecule has 0 aromatic heterocycles. The number of halogens is 3. The van der Waals surface area contributed by atoms with Gasteiger partial charge in [-0.3, -0.25) is 9.69 Å². The highest BCUT2D eigenvalue weighted by Gasteiger charge is 2.25. The molecule has 194 valence electrons. The molecule has 1 aliphatic heterocycles. The van der Waals surface area contributed by atoms with Gasteiger partial charge in [0.1, 0.15) is 11.6 Å². The lowest BCUT2D eigenvalue weighted by molar-refractivity contribution is 0.00339. The maximum absolute atomic E-state index is 13.6. The second-order valence-electron chi connectivity index (χ2n) is 8.79. The number of hydrogen-bond acceptors (Lipinski definition) is 5. The van der Waals surface area contributed by atoms with Crippen LogP contribution in [0.15, 0.2) is 66.7 Å². The molecule has 37 heavy (non-hydrogen) atoms. The number of methoxy groups -OCH3 is 1. The van der Waals surface area contributed by atoms with Crippen molar-refractivity contribution in [1.29, 1.82) is 0 Å². The number of benzene rings is 3. The van der Waals surface area contributed by atoms with Crippen LogP contribution in [0, 0.1) is 11.6 Å². The Bertz CT molecular complexity index is 1210. The molecule has 1 heterocycles. The average molecular weight is 529 g/mol. The third-order valence-corrected chi connectivity index (χ3v) is 6.51. The number of nitrogens with zero attached hydrogens (tertiary/aromatic N) is 2. The van der Waals surface area contributed by atoms with Crippen LogP contribution >= 0.6 is 11.6 Å². The van der Waals surface area contributed by atoms with E-state index in [1.165, 1.54) is 7.11 Å². The Hall–Kier alpha value is -3.33. The summed E-state index contributed by atoms with van der Waals surface area (Å²) in [5, 5.41) is 0.627. The second-order valence-corrected chi connectivity index (χ2v) is 9.23. The minimum absolute atomic E-state index is 0.00606. The molecule has 1 unspecified atom stereocenters. The largest absolute Gasteiger partial charge is 0.465 e. The number of ether oxygens (including phenoxy) is 2. The van der Waals surface area contributed by atoms with E-state index >= 15 is 0 Å². The molecule has 1 amide bonds. The minimum Gasteiger partial charge on any atom is -0.465 e. The highest BCUT2D eigenvalue weighted by Crippen LogP contribution is 2.24. The molecule has 1 fully saturated rings. The van der Waals surface area contributed by atoms with E-state index in [1.807, 2.05) is 36.4 Å². The predicted octanol–water partition coefficient (Wildman–Crippen LogP) is 5.12. The lowest BCUT2D eigenvalue weighted by Crippen LogP contribution is -2.49. The average Bonchev–Trinajstić information content (AvgIpc) is 2.91. The summed E-state index contributed by atoms with van der Waals surface area (Å²) in [5.41, 5.74) is 2.34. The van der Waals surface area contributed by atoms with E-state index in [4.69, 9.17) is 21.1 Å². The summed E-state index contributed by atoms with van der Waals surface area (Å²) in [7, 11) is 1.34. The smallest absolute Gasteiger partial charge is 0.337 e. The zero-order valence-electron chi connectivity index (χ0n) is 20.3. The van der Waals surface area contributed by atoms with Crippen molar-refractivity contribution in [3.63, 3.8) is 0 Å². The van der Waals surface area contributed by atoms with E-state index in [1.54, 1.807) is 17.0 Å². The van der Waals surface area contributed by atoms with Crippen LogP contribution in [0.25, 0.3) is 0 Å². The first-order valence-corrected chi connectivity index (χ1v) is 12.2. The first-order chi connectivity index (χ1) is 17.8. The number of piperazine rings is 1. The van der Waals surface area contributed by atoms with E-state index in [2.05, 4.69) is 4.90 Å². The molecule has 0 saturated carbocycles. The zero-order valence-corrected chi connectivity index (χ0v) is 21.1. The summed E-state index contributed by atoms with van der Waals surface area (Å²) in [6.07, 6.45) is -0.267. The number of carbonyl (C=O) groups is 2. The molecule has 3 aromatic carbocycles. The topological polar surface area (TPSA) is 59.1 Å². The van der Waals surface area contributed by atoms with Gasteiger partial charge in [0, 0.05) is 49.4 Å². The van der Waals surface area contributed by atoms with Crippen molar-refractivity contribution >= 4 is 23.5 Å². The second kappa shape index (κ2) is 12.3. The molecule has 1 aliphatic rings. The molecule has 1 atom stereocenters. The number of rotatable bonds is 8. The van der Waals surface area contributed by atoms with Crippen molar-refractivity contribution in [1.82, 2.24) is 9.80 Å². The lowest BCUT2D eigenvalue weighted by Gasteiger charge is -2.36. The molecule has 0 aliphatic carbocycles. The summed E-state index contributed by atoms with van der Waals surface area (Å²) >= 11 is 6.08. The third-order valence-electron chi connectivity index (χ3n) is 6.26. The Morgan fingerprint density at radius 2 is 1.51 bits per heavy atom. The molecule has 0 radical (unpaired) electrons. The molecule has 1 saturated heterocycles. The SMILES string of the molecule is COC(=O)c1ccc(COC(CN2CCN(C(=O)c3cc(F)cc(F)c3)CC2)c2ccc(Cl)cc2)cc1. The number of hydrogen-bond donors (Lipinski definition) is 0. The van der Waals surface area contributed by atoms with Crippen LogP contribution < -0.4 is 0 Å². The van der Waals surface area contributed by atoms with Gasteiger partial charge < -0.3 is 14.4 Å². The van der Waals surface area contributed by atoms with Gasteiger partial charge in [-0.1, -0.05) is 35.9 Å². The molecule has 9 heteroatoms. The van der Waals surface area contributed by atoms with Crippen LogP contribution in [-0.4, -0.2) is 61.5 Å². The van der Waals surface area contributed by atoms with Gasteiger partial charge in [0.15, 0.2) is 0 Å². The van der Waals surface area contributed by atoms with Gasteiger partial charge in [-0.15, -0.1) is 0 Å². The van der Waals surface area contributed by atoms with Gasteiger partial charge >= 0.3 is 5.97 Å². The van der Waals surface area contributed by atoms with Gasteiger partial charge in [-0.05, 0) is 47.5 Å². The van der Waals surface area contributed by atoms with Crippen LogP contribution in [0.4, 0.5) is 8.78 Å². The summed E-state index contributed by atoms with van der Waals surface area (Å²) < 4.78 is 38.1. The van der Waals surface area contributed by atoms with Crippen LogP contribution in [0.3, 0.4) is 0 Å². The van der Waals surface area contributed by atoms with Crippen molar-refractivity contribution in [3.8, 4) is 0 Å². The first-order valence-electron chi connectivity index (χ1n) is 11.8. The van der Waals surface area contributed by atoms with E-state index in [0.717, 1.165) is 29.3 Å². The fraction of sp³-hybridized carbons (Fsp3) is 0.286. The number of carbonyl (C=O) groups excluding carboxylic acids is 2. The van der Waals surface area contributed by atoms with E-state index in [-0.39, 0.29) is 17.6 Å². The molecular weight excluding hydrogens is 502 g/mol. The Morgan fingerprint density at radius 3 is 2.11 bits per heavy atom. The van der Waals surface area contributed by atoms with Crippen molar-refractivity contribution in [2.24, 2.45) is 0 Å². The van der Waals surface area contributed by atoms with Crippen molar-refractivity contribution in [3.05, 3.63) is 106 Å². The number of amides is 1. The normalized spacial score (nSPS) is 14.9. The van der Waals surface area contributed by atoms with Crippen LogP contribution in [0.2, 0.25) is 5.02 Å².